The maximum atomic E-state index is 12.2. The van der Waals surface area contributed by atoms with Crippen molar-refractivity contribution in [3.8, 4) is 0 Å². The molecule has 9 heteroatoms. The summed E-state index contributed by atoms with van der Waals surface area (Å²) in [7, 11) is 0. The minimum Gasteiger partial charge on any atom is -0.315 e. The van der Waals surface area contributed by atoms with Gasteiger partial charge in [0.25, 0.3) is 11.6 Å². The molecule has 0 bridgehead atoms. The molecule has 2 aromatic heterocycles. The van der Waals surface area contributed by atoms with Crippen LogP contribution in [0.2, 0.25) is 5.02 Å². The topological polar surface area (TPSA) is 102 Å². The minimum atomic E-state index is -0.618. The van der Waals surface area contributed by atoms with Crippen LogP contribution in [0.25, 0.3) is 5.65 Å². The monoisotopic (exact) mass is 317 g/mol. The van der Waals surface area contributed by atoms with Crippen LogP contribution in [-0.2, 0) is 0 Å². The number of amides is 1. The molecule has 3 aromatic rings. The molecule has 0 aliphatic carbocycles. The van der Waals surface area contributed by atoms with Crippen molar-refractivity contribution in [2.45, 2.75) is 0 Å². The van der Waals surface area contributed by atoms with Gasteiger partial charge in [0.15, 0.2) is 11.3 Å². The summed E-state index contributed by atoms with van der Waals surface area (Å²) < 4.78 is 1.44. The van der Waals surface area contributed by atoms with Gasteiger partial charge < -0.3 is 5.32 Å². The highest BCUT2D eigenvalue weighted by Crippen LogP contribution is 2.28. The Morgan fingerprint density at radius 1 is 1.36 bits per heavy atom. The first-order valence-electron chi connectivity index (χ1n) is 6.10. The summed E-state index contributed by atoms with van der Waals surface area (Å²) in [6, 6.07) is 7.15. The lowest BCUT2D eigenvalue weighted by atomic mass is 10.2. The number of carbonyl (C=O) groups is 1. The number of aromatic nitrogens is 3. The normalized spacial score (nSPS) is 10.6. The standard InChI is InChI=1S/C13H8ClN5O3/c14-8-2-3-9(11(6-8)19(21)22)16-13(20)10-7-12-15-4-1-5-18(12)17-10/h1-7H,(H,16,20). The van der Waals surface area contributed by atoms with E-state index in [1.54, 1.807) is 18.5 Å². The molecule has 0 radical (unpaired) electrons. The van der Waals surface area contributed by atoms with Crippen LogP contribution < -0.4 is 5.32 Å². The van der Waals surface area contributed by atoms with Gasteiger partial charge in [0, 0.05) is 29.5 Å². The van der Waals surface area contributed by atoms with Gasteiger partial charge in [-0.15, -0.1) is 0 Å². The average Bonchev–Trinajstić information content (AvgIpc) is 2.93. The van der Waals surface area contributed by atoms with Gasteiger partial charge in [-0.25, -0.2) is 9.50 Å². The first-order chi connectivity index (χ1) is 10.5. The SMILES string of the molecule is O=C(Nc1ccc(Cl)cc1[N+](=O)[O-])c1cc2ncccn2n1. The van der Waals surface area contributed by atoms with E-state index in [1.807, 2.05) is 0 Å². The maximum Gasteiger partial charge on any atom is 0.294 e. The van der Waals surface area contributed by atoms with Crippen molar-refractivity contribution in [1.82, 2.24) is 14.6 Å². The van der Waals surface area contributed by atoms with Crippen molar-refractivity contribution >= 4 is 34.5 Å². The summed E-state index contributed by atoms with van der Waals surface area (Å²) in [5.41, 5.74) is 0.355. The predicted molar refractivity (Wildman–Crippen MR) is 79.0 cm³/mol. The van der Waals surface area contributed by atoms with E-state index < -0.39 is 10.8 Å². The molecule has 8 nitrogen and oxygen atoms in total. The molecule has 0 saturated heterocycles. The smallest absolute Gasteiger partial charge is 0.294 e. The molecular formula is C13H8ClN5O3. The number of halogens is 1. The van der Waals surface area contributed by atoms with Crippen LogP contribution in [-0.4, -0.2) is 25.4 Å². The molecule has 1 amide bonds. The highest BCUT2D eigenvalue weighted by Gasteiger charge is 2.19. The van der Waals surface area contributed by atoms with Gasteiger partial charge in [-0.3, -0.25) is 14.9 Å². The van der Waals surface area contributed by atoms with Crippen LogP contribution >= 0.6 is 11.6 Å². The van der Waals surface area contributed by atoms with Crippen LogP contribution in [0.4, 0.5) is 11.4 Å². The summed E-state index contributed by atoms with van der Waals surface area (Å²) in [5, 5.41) is 17.7. The van der Waals surface area contributed by atoms with Crippen molar-refractivity contribution in [3.05, 3.63) is 63.6 Å². The number of nitrogens with one attached hydrogen (secondary N) is 1. The Kier molecular flexibility index (Phi) is 3.43. The molecule has 0 aliphatic heterocycles. The molecule has 0 spiro atoms. The molecule has 110 valence electrons. The number of benzene rings is 1. The molecule has 1 aromatic carbocycles. The highest BCUT2D eigenvalue weighted by molar-refractivity contribution is 6.31. The van der Waals surface area contributed by atoms with Crippen molar-refractivity contribution in [2.24, 2.45) is 0 Å². The average molecular weight is 318 g/mol. The first-order valence-corrected chi connectivity index (χ1v) is 6.48. The Morgan fingerprint density at radius 3 is 2.91 bits per heavy atom. The third-order valence-corrected chi connectivity index (χ3v) is 3.11. The Hall–Kier alpha value is -3.00. The fourth-order valence-electron chi connectivity index (χ4n) is 1.89. The highest BCUT2D eigenvalue weighted by atomic mass is 35.5. The number of nitro groups is 1. The Morgan fingerprint density at radius 2 is 2.18 bits per heavy atom. The number of rotatable bonds is 3. The van der Waals surface area contributed by atoms with E-state index in [9.17, 15) is 14.9 Å². The summed E-state index contributed by atoms with van der Waals surface area (Å²) in [4.78, 5) is 26.6. The van der Waals surface area contributed by atoms with Gasteiger partial charge in [-0.05, 0) is 18.2 Å². The zero-order chi connectivity index (χ0) is 15.7. The van der Waals surface area contributed by atoms with Gasteiger partial charge in [0.1, 0.15) is 5.69 Å². The second kappa shape index (κ2) is 5.41. The predicted octanol–water partition coefficient (Wildman–Crippen LogP) is 2.54. The third-order valence-electron chi connectivity index (χ3n) is 2.87. The molecule has 0 saturated carbocycles. The molecule has 1 N–H and O–H groups in total. The summed E-state index contributed by atoms with van der Waals surface area (Å²) in [6.07, 6.45) is 3.21. The van der Waals surface area contributed by atoms with Crippen LogP contribution in [0.5, 0.6) is 0 Å². The van der Waals surface area contributed by atoms with Crippen molar-refractivity contribution in [2.75, 3.05) is 5.32 Å². The molecule has 0 atom stereocenters. The number of anilines is 1. The largest absolute Gasteiger partial charge is 0.315 e. The van der Waals surface area contributed by atoms with Crippen LogP contribution in [0.1, 0.15) is 10.5 Å². The first kappa shape index (κ1) is 14.0. The molecule has 0 unspecified atom stereocenters. The van der Waals surface area contributed by atoms with Crippen LogP contribution in [0, 0.1) is 10.1 Å². The second-order valence-electron chi connectivity index (χ2n) is 4.32. The minimum absolute atomic E-state index is 0.0458. The lowest BCUT2D eigenvalue weighted by Crippen LogP contribution is -2.13. The number of nitro benzene ring substituents is 1. The lowest BCUT2D eigenvalue weighted by molar-refractivity contribution is -0.383. The van der Waals surface area contributed by atoms with E-state index in [1.165, 1.54) is 28.8 Å². The lowest BCUT2D eigenvalue weighted by Gasteiger charge is -2.04. The Bertz CT molecular complexity index is 859. The second-order valence-corrected chi connectivity index (χ2v) is 4.76. The van der Waals surface area contributed by atoms with Crippen molar-refractivity contribution < 1.29 is 9.72 Å². The number of hydrogen-bond acceptors (Lipinski definition) is 5. The fourth-order valence-corrected chi connectivity index (χ4v) is 2.06. The molecule has 2 heterocycles. The number of fused-ring (bicyclic) bond motifs is 1. The number of nitrogens with zero attached hydrogens (tertiary/aromatic N) is 4. The fraction of sp³-hybridized carbons (Fsp3) is 0. The Labute approximate surface area is 128 Å². The summed E-state index contributed by atoms with van der Waals surface area (Å²) in [6.45, 7) is 0. The molecule has 0 aliphatic rings. The van der Waals surface area contributed by atoms with E-state index >= 15 is 0 Å². The quantitative estimate of drug-likeness (QED) is 0.590. The van der Waals surface area contributed by atoms with E-state index in [-0.39, 0.29) is 22.1 Å². The molecule has 3 rings (SSSR count). The molecular weight excluding hydrogens is 310 g/mol. The Balaban J connectivity index is 1.92. The summed E-state index contributed by atoms with van der Waals surface area (Å²) in [5.74, 6) is -0.573. The van der Waals surface area contributed by atoms with Crippen LogP contribution in [0.15, 0.2) is 42.7 Å². The zero-order valence-corrected chi connectivity index (χ0v) is 11.7. The summed E-state index contributed by atoms with van der Waals surface area (Å²) >= 11 is 5.73. The maximum absolute atomic E-state index is 12.2. The molecule has 22 heavy (non-hydrogen) atoms. The van der Waals surface area contributed by atoms with E-state index in [2.05, 4.69) is 15.4 Å². The van der Waals surface area contributed by atoms with Gasteiger partial charge in [0.05, 0.1) is 4.92 Å². The zero-order valence-electron chi connectivity index (χ0n) is 10.9. The van der Waals surface area contributed by atoms with Gasteiger partial charge in [0.2, 0.25) is 0 Å². The third kappa shape index (κ3) is 2.59. The van der Waals surface area contributed by atoms with Gasteiger partial charge >= 0.3 is 0 Å². The van der Waals surface area contributed by atoms with Crippen molar-refractivity contribution in [1.29, 1.82) is 0 Å². The van der Waals surface area contributed by atoms with Crippen LogP contribution in [0.3, 0.4) is 0 Å². The molecule has 0 fully saturated rings. The van der Waals surface area contributed by atoms with Gasteiger partial charge in [-0.2, -0.15) is 5.10 Å². The van der Waals surface area contributed by atoms with E-state index in [0.717, 1.165) is 0 Å². The number of carbonyl (C=O) groups excluding carboxylic acids is 1. The van der Waals surface area contributed by atoms with E-state index in [0.29, 0.717) is 5.65 Å². The van der Waals surface area contributed by atoms with Gasteiger partial charge in [-0.1, -0.05) is 11.6 Å². The van der Waals surface area contributed by atoms with E-state index in [4.69, 9.17) is 11.6 Å². The van der Waals surface area contributed by atoms with Crippen molar-refractivity contribution in [3.63, 3.8) is 0 Å². The number of hydrogen-bond donors (Lipinski definition) is 1.